The molecule has 1 fully saturated rings. The minimum atomic E-state index is -4.21. The van der Waals surface area contributed by atoms with Crippen LogP contribution in [0.15, 0.2) is 47.4 Å². The van der Waals surface area contributed by atoms with Gasteiger partial charge >= 0.3 is 6.03 Å². The van der Waals surface area contributed by atoms with Gasteiger partial charge < -0.3 is 14.4 Å². The molecule has 0 aromatic heterocycles. The van der Waals surface area contributed by atoms with Gasteiger partial charge in [0.25, 0.3) is 10.0 Å². The Morgan fingerprint density at radius 3 is 2.48 bits per heavy atom. The Morgan fingerprint density at radius 1 is 1.06 bits per heavy atom. The van der Waals surface area contributed by atoms with Gasteiger partial charge in [-0.2, -0.15) is 4.31 Å². The first kappa shape index (κ1) is 22.9. The fourth-order valence-electron chi connectivity index (χ4n) is 4.36. The maximum Gasteiger partial charge on any atom is 0.343 e. The maximum absolute atomic E-state index is 13.6. The third-order valence-corrected chi connectivity index (χ3v) is 7.85. The van der Waals surface area contributed by atoms with E-state index in [1.165, 1.54) is 43.4 Å². The highest BCUT2D eigenvalue weighted by atomic mass is 32.2. The molecule has 0 N–H and O–H groups in total. The number of para-hydroxylation sites is 1. The van der Waals surface area contributed by atoms with Crippen LogP contribution >= 0.6 is 0 Å². The number of ether oxygens (including phenoxy) is 2. The van der Waals surface area contributed by atoms with E-state index in [1.807, 2.05) is 6.92 Å². The summed E-state index contributed by atoms with van der Waals surface area (Å²) in [5, 5.41) is 0. The van der Waals surface area contributed by atoms with Gasteiger partial charge in [0.1, 0.15) is 11.4 Å². The average Bonchev–Trinajstić information content (AvgIpc) is 2.81. The molecule has 0 unspecified atom stereocenters. The molecular weight excluding hydrogens is 446 g/mol. The Bertz CT molecular complexity index is 1180. The smallest absolute Gasteiger partial charge is 0.343 e. The normalized spacial score (nSPS) is 19.8. The largest absolute Gasteiger partial charge is 0.493 e. The molecule has 176 valence electrons. The van der Waals surface area contributed by atoms with Crippen molar-refractivity contribution in [3.63, 3.8) is 0 Å². The number of benzene rings is 2. The van der Waals surface area contributed by atoms with Crippen molar-refractivity contribution in [2.24, 2.45) is 0 Å². The molecule has 0 spiro atoms. The predicted octanol–water partition coefficient (Wildman–Crippen LogP) is 3.24. The summed E-state index contributed by atoms with van der Waals surface area (Å²) in [5.74, 6) is 0.466. The van der Waals surface area contributed by atoms with Crippen LogP contribution in [0.25, 0.3) is 0 Å². The minimum Gasteiger partial charge on any atom is -0.493 e. The van der Waals surface area contributed by atoms with Gasteiger partial charge in [-0.1, -0.05) is 12.1 Å². The maximum atomic E-state index is 13.6. The summed E-state index contributed by atoms with van der Waals surface area (Å²) in [6.07, 6.45) is 2.87. The van der Waals surface area contributed by atoms with E-state index in [9.17, 15) is 18.0 Å². The van der Waals surface area contributed by atoms with Crippen molar-refractivity contribution in [1.29, 1.82) is 0 Å². The number of piperidine rings is 1. The Kier molecular flexibility index (Phi) is 6.20. The summed E-state index contributed by atoms with van der Waals surface area (Å²) in [6.45, 7) is 2.37. The number of urea groups is 1. The number of hydrogen-bond acceptors (Lipinski definition) is 6. The first-order valence-corrected chi connectivity index (χ1v) is 12.2. The predicted molar refractivity (Wildman–Crippen MR) is 123 cm³/mol. The summed E-state index contributed by atoms with van der Waals surface area (Å²) in [6, 6.07) is 9.90. The van der Waals surface area contributed by atoms with Crippen molar-refractivity contribution in [2.45, 2.75) is 37.1 Å². The third kappa shape index (κ3) is 3.99. The first-order chi connectivity index (χ1) is 15.8. The number of hydrogen-bond donors (Lipinski definition) is 0. The lowest BCUT2D eigenvalue weighted by Gasteiger charge is -2.38. The van der Waals surface area contributed by atoms with Gasteiger partial charge in [-0.3, -0.25) is 9.69 Å². The molecule has 1 saturated heterocycles. The number of amides is 3. The number of carbonyl (C=O) groups is 2. The molecule has 2 heterocycles. The number of sulfonamides is 1. The Balaban J connectivity index is 1.77. The van der Waals surface area contributed by atoms with Crippen LogP contribution in [-0.2, 0) is 14.8 Å². The molecule has 2 aromatic carbocycles. The van der Waals surface area contributed by atoms with Crippen molar-refractivity contribution < 1.29 is 27.5 Å². The lowest BCUT2D eigenvalue weighted by atomic mass is 10.0. The summed E-state index contributed by atoms with van der Waals surface area (Å²) >= 11 is 0. The van der Waals surface area contributed by atoms with Crippen LogP contribution in [0, 0.1) is 0 Å². The van der Waals surface area contributed by atoms with Gasteiger partial charge in [-0.15, -0.1) is 0 Å². The lowest BCUT2D eigenvalue weighted by molar-refractivity contribution is -0.132. The van der Waals surface area contributed by atoms with Gasteiger partial charge in [0, 0.05) is 18.7 Å². The van der Waals surface area contributed by atoms with Crippen LogP contribution in [-0.4, -0.2) is 58.6 Å². The summed E-state index contributed by atoms with van der Waals surface area (Å²) in [5.41, 5.74) is 0.285. The minimum absolute atomic E-state index is 0.0427. The summed E-state index contributed by atoms with van der Waals surface area (Å²) < 4.78 is 38.2. The van der Waals surface area contributed by atoms with Crippen molar-refractivity contribution in [1.82, 2.24) is 4.90 Å². The van der Waals surface area contributed by atoms with Gasteiger partial charge in [0.05, 0.1) is 25.6 Å². The summed E-state index contributed by atoms with van der Waals surface area (Å²) in [7, 11) is -1.32. The third-order valence-electron chi connectivity index (χ3n) is 6.10. The van der Waals surface area contributed by atoms with Crippen LogP contribution in [0.1, 0.15) is 26.2 Å². The number of carbonyl (C=O) groups excluding carboxylic acids is 2. The van der Waals surface area contributed by atoms with Crippen LogP contribution in [0.4, 0.5) is 16.2 Å². The lowest BCUT2D eigenvalue weighted by Crippen LogP contribution is -2.55. The molecule has 10 heteroatoms. The fraction of sp³-hybridized carbons (Fsp3) is 0.391. The molecule has 2 aromatic rings. The second kappa shape index (κ2) is 8.93. The van der Waals surface area contributed by atoms with Crippen LogP contribution in [0.3, 0.4) is 0 Å². The molecule has 2 aliphatic rings. The molecule has 0 aliphatic carbocycles. The van der Waals surface area contributed by atoms with E-state index in [0.29, 0.717) is 16.6 Å². The number of methoxy groups -OCH3 is 2. The monoisotopic (exact) mass is 473 g/mol. The molecule has 4 rings (SSSR count). The zero-order valence-corrected chi connectivity index (χ0v) is 19.7. The Labute approximate surface area is 193 Å². The van der Waals surface area contributed by atoms with E-state index in [1.54, 1.807) is 23.1 Å². The zero-order valence-electron chi connectivity index (χ0n) is 18.9. The standard InChI is InChI=1S/C23H27N3O6S/c1-16-8-6-7-13-24(16)22(27)15-25-18-9-4-5-10-21(18)33(29,30)26(23(25)28)17-11-12-19(31-2)20(14-17)32-3/h4-5,9-12,14,16H,6-8,13,15H2,1-3H3/t16-/m1/s1. The highest BCUT2D eigenvalue weighted by Crippen LogP contribution is 2.40. The molecular formula is C23H27N3O6S. The van der Waals surface area contributed by atoms with E-state index in [4.69, 9.17) is 9.47 Å². The molecule has 1 atom stereocenters. The van der Waals surface area contributed by atoms with E-state index < -0.39 is 16.1 Å². The highest BCUT2D eigenvalue weighted by Gasteiger charge is 2.44. The SMILES string of the molecule is COc1ccc(N2C(=O)N(CC(=O)N3CCCC[C@H]3C)c3ccccc3S2(=O)=O)cc1OC. The van der Waals surface area contributed by atoms with Gasteiger partial charge in [-0.25, -0.2) is 13.2 Å². The van der Waals surface area contributed by atoms with E-state index in [2.05, 4.69) is 0 Å². The molecule has 0 saturated carbocycles. The second-order valence-corrected chi connectivity index (χ2v) is 9.83. The fourth-order valence-corrected chi connectivity index (χ4v) is 5.95. The topological polar surface area (TPSA) is 96.5 Å². The molecule has 3 amide bonds. The van der Waals surface area contributed by atoms with Gasteiger partial charge in [0.2, 0.25) is 5.91 Å². The summed E-state index contributed by atoms with van der Waals surface area (Å²) in [4.78, 5) is 29.7. The van der Waals surface area contributed by atoms with Gasteiger partial charge in [0.15, 0.2) is 11.5 Å². The quantitative estimate of drug-likeness (QED) is 0.662. The van der Waals surface area contributed by atoms with E-state index >= 15 is 0 Å². The van der Waals surface area contributed by atoms with Crippen LogP contribution in [0.2, 0.25) is 0 Å². The number of nitrogens with zero attached hydrogens (tertiary/aromatic N) is 3. The highest BCUT2D eigenvalue weighted by molar-refractivity contribution is 7.94. The van der Waals surface area contributed by atoms with Crippen molar-refractivity contribution >= 4 is 33.3 Å². The molecule has 0 radical (unpaired) electrons. The van der Waals surface area contributed by atoms with Gasteiger partial charge in [-0.05, 0) is 50.5 Å². The van der Waals surface area contributed by atoms with E-state index in [-0.39, 0.29) is 40.5 Å². The van der Waals surface area contributed by atoms with Crippen molar-refractivity contribution in [2.75, 3.05) is 36.5 Å². The van der Waals surface area contributed by atoms with Crippen LogP contribution in [0.5, 0.6) is 11.5 Å². The van der Waals surface area contributed by atoms with E-state index in [0.717, 1.165) is 19.3 Å². The number of fused-ring (bicyclic) bond motifs is 1. The van der Waals surface area contributed by atoms with Crippen molar-refractivity contribution in [3.8, 4) is 11.5 Å². The number of rotatable bonds is 5. The second-order valence-electron chi connectivity index (χ2n) is 8.08. The molecule has 2 aliphatic heterocycles. The molecule has 0 bridgehead atoms. The first-order valence-electron chi connectivity index (χ1n) is 10.8. The zero-order chi connectivity index (χ0) is 23.8. The molecule has 33 heavy (non-hydrogen) atoms. The Morgan fingerprint density at radius 2 is 1.79 bits per heavy atom. The Hall–Kier alpha value is -3.27. The van der Waals surface area contributed by atoms with Crippen LogP contribution < -0.4 is 18.7 Å². The van der Waals surface area contributed by atoms with Crippen molar-refractivity contribution in [3.05, 3.63) is 42.5 Å². The number of likely N-dealkylation sites (tertiary alicyclic amines) is 1. The average molecular weight is 474 g/mol. The number of anilines is 2. The molecule has 9 nitrogen and oxygen atoms in total.